The SMILES string of the molecule is N#Cc1nc2c(nc1C#N)-c1ccc(F)cc1C2=O.N#Cc1nc2c(nc1C#N)-c1ccc(O)cc1C2=O.N#Cc1nc2c(nc1C#N)-c1ccccc1C2=NO.N#Cc1nc2c(nc1C#N)C(=O)c1ccccc1C2=O.N#Cc1nc2sc3ccccc3c2nc1C#N. The van der Waals surface area contributed by atoms with Crippen LogP contribution in [0, 0.1) is 119 Å². The van der Waals surface area contributed by atoms with Crippen LogP contribution in [-0.2, 0) is 0 Å². The number of nitrogens with zero attached hydrogens (tertiary/aromatic N) is 21. The number of oxime groups is 1. The summed E-state index contributed by atoms with van der Waals surface area (Å²) in [5, 5.41) is 112. The molecule has 27 nitrogen and oxygen atoms in total. The molecule has 0 atom stereocenters. The highest BCUT2D eigenvalue weighted by molar-refractivity contribution is 7.25. The number of nitriles is 10. The normalized spacial score (nSPS) is 11.8. The Morgan fingerprint density at radius 1 is 0.351 bits per heavy atom. The van der Waals surface area contributed by atoms with E-state index in [0.29, 0.717) is 38.4 Å². The van der Waals surface area contributed by atoms with Crippen LogP contribution in [0.3, 0.4) is 0 Å². The highest BCUT2D eigenvalue weighted by atomic mass is 32.1. The van der Waals surface area contributed by atoms with Crippen LogP contribution in [0.15, 0.2) is 114 Å². The summed E-state index contributed by atoms with van der Waals surface area (Å²) >= 11 is 1.48. The number of halogens is 1. The summed E-state index contributed by atoms with van der Waals surface area (Å²) in [5.74, 6) is -2.42. The van der Waals surface area contributed by atoms with E-state index < -0.39 is 29.0 Å². The molecule has 94 heavy (non-hydrogen) atoms. The molecular formula is C65H20FN21O6S. The number of phenols is 1. The second-order valence-corrected chi connectivity index (χ2v) is 20.1. The number of hydrogen-bond acceptors (Lipinski definition) is 28. The molecule has 15 rings (SSSR count). The van der Waals surface area contributed by atoms with Gasteiger partial charge in [0, 0.05) is 54.6 Å². The van der Waals surface area contributed by atoms with E-state index in [0.717, 1.165) is 21.7 Å². The summed E-state index contributed by atoms with van der Waals surface area (Å²) in [6.07, 6.45) is 0. The summed E-state index contributed by atoms with van der Waals surface area (Å²) in [6, 6.07) is 47.1. The molecule has 5 aromatic carbocycles. The molecule has 0 amide bonds. The predicted molar refractivity (Wildman–Crippen MR) is 316 cm³/mol. The minimum absolute atomic E-state index is 0.0175. The monoisotopic (exact) mass is 1240 g/mol. The van der Waals surface area contributed by atoms with Gasteiger partial charge in [-0.3, -0.25) is 19.2 Å². The second-order valence-electron chi connectivity index (χ2n) is 19.0. The average Bonchev–Trinajstić information content (AvgIpc) is 1.55. The van der Waals surface area contributed by atoms with Gasteiger partial charge in [-0.05, 0) is 42.5 Å². The molecule has 0 aliphatic heterocycles. The van der Waals surface area contributed by atoms with E-state index in [1.807, 2.05) is 54.6 Å². The quantitative estimate of drug-likeness (QED) is 0.108. The number of carbonyl (C=O) groups excluding carboxylic acids is 4. The van der Waals surface area contributed by atoms with Crippen LogP contribution >= 0.6 is 11.3 Å². The lowest BCUT2D eigenvalue weighted by molar-refractivity contribution is 0.0971. The standard InChI is InChI=1S/C14H4N4O2.C13H3FN4O.C13H5N5O.C13H4N4O2.C12H4N4S/c15-5-9-10(6-16)18-12-11(17-9)13(19)7-3-1-2-4-8(7)14(12)20;14-6-1-2-7-8(3-6)13(19)12-11(7)17-9(4-15)10(5-16)18-12;14-5-9-10(6-15)17-13-11(16-9)7-3-1-2-4-8(7)12(13)18-19;14-4-9-10(5-15)17-12-11(16-9)7-2-1-6(18)3-8(7)13(12)19;13-5-8-9(6-14)16-12-11(15-8)7-3-1-2-4-10(7)17-12/h1-4H;1-3H;1-4,19H;1-3,18H;1-4H. The van der Waals surface area contributed by atoms with Crippen molar-refractivity contribution in [2.24, 2.45) is 5.16 Å². The van der Waals surface area contributed by atoms with Crippen LogP contribution in [-0.4, -0.2) is 89.0 Å². The van der Waals surface area contributed by atoms with Gasteiger partial charge in [-0.2, -0.15) is 52.6 Å². The number of rotatable bonds is 0. The first kappa shape index (κ1) is 60.2. The Bertz CT molecular complexity index is 5600. The lowest BCUT2D eigenvalue weighted by atomic mass is 9.89. The van der Waals surface area contributed by atoms with Gasteiger partial charge in [-0.15, -0.1) is 11.3 Å². The Labute approximate surface area is 528 Å². The molecule has 0 saturated carbocycles. The van der Waals surface area contributed by atoms with Gasteiger partial charge < -0.3 is 10.3 Å². The maximum absolute atomic E-state index is 13.2. The molecule has 434 valence electrons. The number of aromatic hydroxyl groups is 1. The van der Waals surface area contributed by atoms with Crippen molar-refractivity contribution in [2.45, 2.75) is 0 Å². The zero-order valence-electron chi connectivity index (χ0n) is 46.6. The fraction of sp³-hybridized carbons (Fsp3) is 0. The van der Waals surface area contributed by atoms with Gasteiger partial charge in [-0.1, -0.05) is 71.9 Å². The van der Waals surface area contributed by atoms with Crippen LogP contribution in [0.2, 0.25) is 0 Å². The van der Waals surface area contributed by atoms with Gasteiger partial charge in [0.1, 0.15) is 134 Å². The number of carbonyl (C=O) groups is 4. The number of fused-ring (bicyclic) bond motifs is 14. The number of ketones is 4. The van der Waals surface area contributed by atoms with E-state index >= 15 is 0 Å². The third-order valence-electron chi connectivity index (χ3n) is 13.9. The van der Waals surface area contributed by atoms with E-state index in [4.69, 9.17) is 57.8 Å². The first-order chi connectivity index (χ1) is 45.6. The molecule has 6 aromatic heterocycles. The van der Waals surface area contributed by atoms with Crippen molar-refractivity contribution in [3.05, 3.63) is 228 Å². The van der Waals surface area contributed by atoms with Crippen LogP contribution in [0.5, 0.6) is 5.75 Å². The Hall–Kier alpha value is -15.5. The molecule has 11 aromatic rings. The molecule has 0 spiro atoms. The molecule has 4 aliphatic carbocycles. The summed E-state index contributed by atoms with van der Waals surface area (Å²) in [7, 11) is 0. The Morgan fingerprint density at radius 2 is 0.681 bits per heavy atom. The molecule has 6 heterocycles. The molecular weight excluding hydrogens is 1220 g/mol. The van der Waals surface area contributed by atoms with Gasteiger partial charge in [-0.25, -0.2) is 54.2 Å². The highest BCUT2D eigenvalue weighted by Gasteiger charge is 2.36. The molecule has 0 saturated heterocycles. The first-order valence-corrected chi connectivity index (χ1v) is 27.0. The fourth-order valence-corrected chi connectivity index (χ4v) is 10.8. The first-order valence-electron chi connectivity index (χ1n) is 26.2. The molecule has 0 unspecified atom stereocenters. The number of benzene rings is 5. The van der Waals surface area contributed by atoms with Crippen LogP contribution < -0.4 is 0 Å². The van der Waals surface area contributed by atoms with Crippen LogP contribution in [0.4, 0.5) is 4.39 Å². The number of aromatic nitrogens is 10. The van der Waals surface area contributed by atoms with Crippen molar-refractivity contribution < 1.29 is 33.9 Å². The van der Waals surface area contributed by atoms with E-state index in [2.05, 4.69) is 55.0 Å². The van der Waals surface area contributed by atoms with E-state index in [9.17, 15) is 28.7 Å². The zero-order valence-corrected chi connectivity index (χ0v) is 47.4. The Balaban J connectivity index is 0.000000120. The van der Waals surface area contributed by atoms with Crippen molar-refractivity contribution in [1.82, 2.24) is 49.8 Å². The van der Waals surface area contributed by atoms with Gasteiger partial charge in [0.2, 0.25) is 23.1 Å². The Kier molecular flexibility index (Phi) is 15.8. The van der Waals surface area contributed by atoms with Gasteiger partial charge in [0.25, 0.3) is 0 Å². The predicted octanol–water partition coefficient (Wildman–Crippen LogP) is 7.72. The molecule has 2 N–H and O–H groups in total. The minimum atomic E-state index is -0.541. The largest absolute Gasteiger partial charge is 0.508 e. The van der Waals surface area contributed by atoms with Gasteiger partial charge >= 0.3 is 0 Å². The smallest absolute Gasteiger partial charge is 0.214 e. The summed E-state index contributed by atoms with van der Waals surface area (Å²) in [6.45, 7) is 0. The second kappa shape index (κ2) is 24.7. The van der Waals surface area contributed by atoms with Gasteiger partial charge in [0.15, 0.2) is 56.9 Å². The summed E-state index contributed by atoms with van der Waals surface area (Å²) < 4.78 is 14.2. The molecule has 0 bridgehead atoms. The van der Waals surface area contributed by atoms with Gasteiger partial charge in [0.05, 0.1) is 0 Å². The van der Waals surface area contributed by atoms with Crippen LogP contribution in [0.25, 0.3) is 54.2 Å². The average molecular weight is 1240 g/mol. The number of hydrogen-bond donors (Lipinski definition) is 2. The minimum Gasteiger partial charge on any atom is -0.508 e. The Morgan fingerprint density at radius 3 is 1.14 bits per heavy atom. The van der Waals surface area contributed by atoms with Crippen molar-refractivity contribution in [1.29, 1.82) is 52.6 Å². The van der Waals surface area contributed by atoms with E-state index in [-0.39, 0.29) is 125 Å². The third-order valence-corrected chi connectivity index (χ3v) is 14.9. The maximum Gasteiger partial charge on any atom is 0.214 e. The number of phenolic OH excluding ortho intramolecular Hbond substituents is 1. The lowest BCUT2D eigenvalue weighted by Gasteiger charge is -2.15. The molecule has 29 heteroatoms. The van der Waals surface area contributed by atoms with E-state index in [1.54, 1.807) is 66.7 Å². The fourth-order valence-electron chi connectivity index (χ4n) is 9.76. The van der Waals surface area contributed by atoms with Crippen molar-refractivity contribution in [3.63, 3.8) is 0 Å². The third kappa shape index (κ3) is 10.3. The maximum atomic E-state index is 13.2. The van der Waals surface area contributed by atoms with E-state index in [1.165, 1.54) is 53.8 Å². The highest BCUT2D eigenvalue weighted by Crippen LogP contribution is 2.39. The molecule has 0 radical (unpaired) electrons. The lowest BCUT2D eigenvalue weighted by Crippen LogP contribution is -2.25. The van der Waals surface area contributed by atoms with Crippen molar-refractivity contribution in [2.75, 3.05) is 0 Å². The zero-order chi connectivity index (χ0) is 66.6. The summed E-state index contributed by atoms with van der Waals surface area (Å²) in [5.41, 5.74) is 4.03. The van der Waals surface area contributed by atoms with Crippen molar-refractivity contribution in [3.8, 4) is 100 Å². The number of thiophene rings is 1. The molecule has 4 aliphatic rings. The molecule has 0 fully saturated rings. The topological polar surface area (TPSA) is 488 Å². The van der Waals surface area contributed by atoms with Crippen molar-refractivity contribution >= 4 is 60.6 Å². The van der Waals surface area contributed by atoms with Crippen LogP contribution in [0.1, 0.15) is 132 Å². The summed E-state index contributed by atoms with van der Waals surface area (Å²) in [4.78, 5) is 89.4.